The van der Waals surface area contributed by atoms with Crippen molar-refractivity contribution in [1.82, 2.24) is 4.90 Å². The number of phenolic OH excluding ortho intramolecular Hbond substituents is 1. The quantitative estimate of drug-likeness (QED) is 0.660. The standard InChI is InChI=1S/C16H25N3O2/c1-3-21-15-9-13(6-7-14(15)20)10-18-16(17)19-8-4-5-12(2)11-19/h6-7,9,12,20H,3-5,8,10-11H2,1-2H3,(H2,17,18). The zero-order valence-electron chi connectivity index (χ0n) is 12.9. The van der Waals surface area contributed by atoms with Crippen LogP contribution in [0.5, 0.6) is 11.5 Å². The molecule has 1 aromatic carbocycles. The third-order valence-corrected chi connectivity index (χ3v) is 3.73. The van der Waals surface area contributed by atoms with Gasteiger partial charge in [0.2, 0.25) is 0 Å². The number of aromatic hydroxyl groups is 1. The SMILES string of the molecule is CCOc1cc(CN=C(N)N2CCCC(C)C2)ccc1O. The van der Waals surface area contributed by atoms with Crippen LogP contribution in [0.15, 0.2) is 23.2 Å². The first-order valence-electron chi connectivity index (χ1n) is 7.59. The summed E-state index contributed by atoms with van der Waals surface area (Å²) in [5, 5.41) is 9.68. The molecule has 1 saturated heterocycles. The van der Waals surface area contributed by atoms with Gasteiger partial charge in [-0.15, -0.1) is 0 Å². The van der Waals surface area contributed by atoms with E-state index in [4.69, 9.17) is 10.5 Å². The molecule has 5 heteroatoms. The largest absolute Gasteiger partial charge is 0.504 e. The van der Waals surface area contributed by atoms with Crippen LogP contribution in [0.25, 0.3) is 0 Å². The number of aliphatic imine (C=N–C) groups is 1. The first kappa shape index (κ1) is 15.5. The Hall–Kier alpha value is -1.91. The van der Waals surface area contributed by atoms with Crippen molar-refractivity contribution in [3.05, 3.63) is 23.8 Å². The fourth-order valence-electron chi connectivity index (χ4n) is 2.60. The number of benzene rings is 1. The zero-order valence-corrected chi connectivity index (χ0v) is 12.9. The molecule has 1 atom stereocenters. The van der Waals surface area contributed by atoms with Gasteiger partial charge < -0.3 is 20.5 Å². The second-order valence-electron chi connectivity index (χ2n) is 5.60. The summed E-state index contributed by atoms with van der Waals surface area (Å²) >= 11 is 0. The molecule has 0 amide bonds. The van der Waals surface area contributed by atoms with Gasteiger partial charge in [0, 0.05) is 13.1 Å². The smallest absolute Gasteiger partial charge is 0.191 e. The molecule has 0 spiro atoms. The minimum Gasteiger partial charge on any atom is -0.504 e. The summed E-state index contributed by atoms with van der Waals surface area (Å²) in [6, 6.07) is 5.29. The summed E-state index contributed by atoms with van der Waals surface area (Å²) in [4.78, 5) is 6.62. The van der Waals surface area contributed by atoms with Gasteiger partial charge in [-0.25, -0.2) is 4.99 Å². The molecule has 116 valence electrons. The van der Waals surface area contributed by atoms with E-state index in [1.807, 2.05) is 19.1 Å². The van der Waals surface area contributed by atoms with E-state index in [-0.39, 0.29) is 5.75 Å². The van der Waals surface area contributed by atoms with E-state index in [0.717, 1.165) is 18.7 Å². The molecule has 0 aliphatic carbocycles. The summed E-state index contributed by atoms with van der Waals surface area (Å²) in [5.74, 6) is 1.93. The third-order valence-electron chi connectivity index (χ3n) is 3.73. The second kappa shape index (κ2) is 7.20. The lowest BCUT2D eigenvalue weighted by molar-refractivity contribution is 0.270. The molecule has 1 aliphatic rings. The fraction of sp³-hybridized carbons (Fsp3) is 0.562. The van der Waals surface area contributed by atoms with Gasteiger partial charge in [0.25, 0.3) is 0 Å². The number of hydrogen-bond acceptors (Lipinski definition) is 3. The number of piperidine rings is 1. The Balaban J connectivity index is 2.00. The van der Waals surface area contributed by atoms with Crippen molar-refractivity contribution in [1.29, 1.82) is 0 Å². The molecule has 1 heterocycles. The number of rotatable bonds is 4. The van der Waals surface area contributed by atoms with Crippen molar-refractivity contribution in [3.63, 3.8) is 0 Å². The molecule has 21 heavy (non-hydrogen) atoms. The number of phenols is 1. The average Bonchev–Trinajstić information content (AvgIpc) is 2.48. The molecule has 3 N–H and O–H groups in total. The average molecular weight is 291 g/mol. The zero-order chi connectivity index (χ0) is 15.2. The van der Waals surface area contributed by atoms with E-state index in [1.165, 1.54) is 12.8 Å². The van der Waals surface area contributed by atoms with Gasteiger partial charge in [0.15, 0.2) is 17.5 Å². The van der Waals surface area contributed by atoms with Crippen molar-refractivity contribution in [2.75, 3.05) is 19.7 Å². The summed E-state index contributed by atoms with van der Waals surface area (Å²) in [7, 11) is 0. The second-order valence-corrected chi connectivity index (χ2v) is 5.60. The summed E-state index contributed by atoms with van der Waals surface area (Å²) in [5.41, 5.74) is 7.06. The van der Waals surface area contributed by atoms with Crippen LogP contribution < -0.4 is 10.5 Å². The molecule has 0 aromatic heterocycles. The van der Waals surface area contributed by atoms with E-state index < -0.39 is 0 Å². The highest BCUT2D eigenvalue weighted by Gasteiger charge is 2.17. The summed E-state index contributed by atoms with van der Waals surface area (Å²) < 4.78 is 5.37. The molecular weight excluding hydrogens is 266 g/mol. The molecule has 1 fully saturated rings. The van der Waals surface area contributed by atoms with Crippen molar-refractivity contribution >= 4 is 5.96 Å². The van der Waals surface area contributed by atoms with Crippen LogP contribution in [0, 0.1) is 5.92 Å². The highest BCUT2D eigenvalue weighted by molar-refractivity contribution is 5.78. The maximum Gasteiger partial charge on any atom is 0.191 e. The van der Waals surface area contributed by atoms with Crippen molar-refractivity contribution in [2.45, 2.75) is 33.2 Å². The number of ether oxygens (including phenoxy) is 1. The minimum absolute atomic E-state index is 0.155. The topological polar surface area (TPSA) is 71.1 Å². The maximum absolute atomic E-state index is 9.68. The number of likely N-dealkylation sites (tertiary alicyclic amines) is 1. The Morgan fingerprint density at radius 3 is 3.05 bits per heavy atom. The molecule has 2 rings (SSSR count). The molecule has 0 bridgehead atoms. The predicted molar refractivity (Wildman–Crippen MR) is 84.6 cm³/mol. The molecular formula is C16H25N3O2. The Morgan fingerprint density at radius 1 is 1.52 bits per heavy atom. The van der Waals surface area contributed by atoms with Gasteiger partial charge >= 0.3 is 0 Å². The maximum atomic E-state index is 9.68. The Labute approximate surface area is 126 Å². The fourth-order valence-corrected chi connectivity index (χ4v) is 2.60. The van der Waals surface area contributed by atoms with Crippen molar-refractivity contribution in [2.24, 2.45) is 16.6 Å². The molecule has 1 aliphatic heterocycles. The lowest BCUT2D eigenvalue weighted by atomic mass is 10.0. The van der Waals surface area contributed by atoms with Crippen LogP contribution in [0.3, 0.4) is 0 Å². The van der Waals surface area contributed by atoms with Gasteiger partial charge in [0.05, 0.1) is 13.2 Å². The van der Waals surface area contributed by atoms with Crippen LogP contribution in [-0.4, -0.2) is 35.7 Å². The lowest BCUT2D eigenvalue weighted by Gasteiger charge is -2.31. The van der Waals surface area contributed by atoms with Crippen LogP contribution in [0.4, 0.5) is 0 Å². The van der Waals surface area contributed by atoms with Gasteiger partial charge in [-0.05, 0) is 43.4 Å². The van der Waals surface area contributed by atoms with Gasteiger partial charge in [-0.1, -0.05) is 13.0 Å². The molecule has 5 nitrogen and oxygen atoms in total. The molecule has 1 aromatic rings. The molecule has 1 unspecified atom stereocenters. The molecule has 0 radical (unpaired) electrons. The summed E-state index contributed by atoms with van der Waals surface area (Å²) in [6.07, 6.45) is 2.44. The predicted octanol–water partition coefficient (Wildman–Crippen LogP) is 2.34. The number of nitrogens with two attached hydrogens (primary N) is 1. The number of guanidine groups is 1. The summed E-state index contributed by atoms with van der Waals surface area (Å²) in [6.45, 7) is 7.12. The van der Waals surface area contributed by atoms with Crippen molar-refractivity contribution in [3.8, 4) is 11.5 Å². The van der Waals surface area contributed by atoms with Crippen molar-refractivity contribution < 1.29 is 9.84 Å². The highest BCUT2D eigenvalue weighted by Crippen LogP contribution is 2.27. The Kier molecular flexibility index (Phi) is 5.31. The monoisotopic (exact) mass is 291 g/mol. The van der Waals surface area contributed by atoms with E-state index in [9.17, 15) is 5.11 Å². The van der Waals surface area contributed by atoms with E-state index in [0.29, 0.717) is 30.8 Å². The normalized spacial score (nSPS) is 19.6. The Bertz CT molecular complexity index is 502. The van der Waals surface area contributed by atoms with Gasteiger partial charge in [0.1, 0.15) is 0 Å². The van der Waals surface area contributed by atoms with Crippen LogP contribution in [0.1, 0.15) is 32.3 Å². The van der Waals surface area contributed by atoms with Gasteiger partial charge in [-0.2, -0.15) is 0 Å². The van der Waals surface area contributed by atoms with E-state index >= 15 is 0 Å². The number of hydrogen-bond donors (Lipinski definition) is 2. The van der Waals surface area contributed by atoms with E-state index in [2.05, 4.69) is 16.8 Å². The van der Waals surface area contributed by atoms with Gasteiger partial charge in [-0.3, -0.25) is 0 Å². The minimum atomic E-state index is 0.155. The van der Waals surface area contributed by atoms with Crippen LogP contribution >= 0.6 is 0 Å². The Morgan fingerprint density at radius 2 is 2.33 bits per heavy atom. The highest BCUT2D eigenvalue weighted by atomic mass is 16.5. The first-order valence-corrected chi connectivity index (χ1v) is 7.59. The van der Waals surface area contributed by atoms with Crippen LogP contribution in [-0.2, 0) is 6.54 Å². The third kappa shape index (κ3) is 4.28. The van der Waals surface area contributed by atoms with Crippen LogP contribution in [0.2, 0.25) is 0 Å². The number of nitrogens with zero attached hydrogens (tertiary/aromatic N) is 2. The molecule has 0 saturated carbocycles. The first-order chi connectivity index (χ1) is 10.1. The lowest BCUT2D eigenvalue weighted by Crippen LogP contribution is -2.43. The van der Waals surface area contributed by atoms with E-state index in [1.54, 1.807) is 6.07 Å².